The maximum absolute atomic E-state index is 13.4. The van der Waals surface area contributed by atoms with Gasteiger partial charge in [-0.15, -0.1) is 0 Å². The van der Waals surface area contributed by atoms with Crippen LogP contribution in [0.1, 0.15) is 69.9 Å². The second kappa shape index (κ2) is 7.99. The Bertz CT molecular complexity index is 1030. The smallest absolute Gasteiger partial charge is 0.232 e. The number of hydrogen-bond acceptors (Lipinski definition) is 3. The van der Waals surface area contributed by atoms with Gasteiger partial charge in [-0.1, -0.05) is 52.0 Å². The molecule has 2 aromatic rings. The van der Waals surface area contributed by atoms with Gasteiger partial charge < -0.3 is 4.74 Å². The van der Waals surface area contributed by atoms with Crippen molar-refractivity contribution in [3.05, 3.63) is 70.9 Å². The van der Waals surface area contributed by atoms with E-state index in [9.17, 15) is 9.59 Å². The molecule has 1 aliphatic carbocycles. The van der Waals surface area contributed by atoms with Gasteiger partial charge in [0, 0.05) is 35.7 Å². The van der Waals surface area contributed by atoms with Crippen molar-refractivity contribution in [2.45, 2.75) is 58.8 Å². The molecule has 0 bridgehead atoms. The van der Waals surface area contributed by atoms with Crippen LogP contribution in [0.4, 0.5) is 5.69 Å². The molecular formula is C27H31NO3. The Morgan fingerprint density at radius 2 is 1.61 bits per heavy atom. The number of Topliss-reactive ketones (excluding diaryl/α,β-unsaturated/α-hetero) is 1. The van der Waals surface area contributed by atoms with Crippen LogP contribution in [0.5, 0.6) is 5.75 Å². The van der Waals surface area contributed by atoms with Crippen molar-refractivity contribution in [2.75, 3.05) is 12.0 Å². The Kier molecular flexibility index (Phi) is 5.50. The molecule has 0 N–H and O–H groups in total. The number of carbonyl (C=O) groups excluding carboxylic acids is 2. The predicted octanol–water partition coefficient (Wildman–Crippen LogP) is 5.98. The minimum atomic E-state index is -0.179. The summed E-state index contributed by atoms with van der Waals surface area (Å²) in [6.07, 6.45) is 1.52. The SMILES string of the molecule is COc1ccc(N2C(=O)CC(c3ccc(C(C)C)cc3)C3=C2CC(C)(C)CC3=O)cc1. The zero-order valence-electron chi connectivity index (χ0n) is 19.1. The second-order valence-corrected chi connectivity index (χ2v) is 9.81. The van der Waals surface area contributed by atoms with Crippen LogP contribution in [-0.2, 0) is 9.59 Å². The number of carbonyl (C=O) groups is 2. The van der Waals surface area contributed by atoms with Crippen molar-refractivity contribution in [3.8, 4) is 5.75 Å². The van der Waals surface area contributed by atoms with Crippen LogP contribution in [0.25, 0.3) is 0 Å². The molecule has 1 aliphatic heterocycles. The van der Waals surface area contributed by atoms with E-state index >= 15 is 0 Å². The highest BCUT2D eigenvalue weighted by Crippen LogP contribution is 2.48. The van der Waals surface area contributed by atoms with E-state index in [0.717, 1.165) is 28.3 Å². The molecule has 2 aromatic carbocycles. The first-order valence-electron chi connectivity index (χ1n) is 11.0. The Morgan fingerprint density at radius 1 is 0.968 bits per heavy atom. The summed E-state index contributed by atoms with van der Waals surface area (Å²) in [6, 6.07) is 15.9. The molecule has 1 heterocycles. The van der Waals surface area contributed by atoms with E-state index in [1.807, 2.05) is 24.3 Å². The Balaban J connectivity index is 1.82. The Labute approximate surface area is 184 Å². The zero-order chi connectivity index (χ0) is 22.3. The van der Waals surface area contributed by atoms with E-state index in [-0.39, 0.29) is 23.0 Å². The predicted molar refractivity (Wildman–Crippen MR) is 123 cm³/mol. The highest BCUT2D eigenvalue weighted by atomic mass is 16.5. The number of ketones is 1. The maximum atomic E-state index is 13.4. The van der Waals surface area contributed by atoms with Crippen LogP contribution < -0.4 is 9.64 Å². The summed E-state index contributed by atoms with van der Waals surface area (Å²) in [5, 5.41) is 0. The molecule has 162 valence electrons. The number of ether oxygens (including phenoxy) is 1. The van der Waals surface area contributed by atoms with Crippen LogP contribution in [0, 0.1) is 5.41 Å². The average Bonchev–Trinajstić information content (AvgIpc) is 2.72. The van der Waals surface area contributed by atoms with Crippen molar-refractivity contribution in [1.29, 1.82) is 0 Å². The number of benzene rings is 2. The summed E-state index contributed by atoms with van der Waals surface area (Å²) in [5.74, 6) is 1.20. The van der Waals surface area contributed by atoms with Crippen molar-refractivity contribution in [3.63, 3.8) is 0 Å². The van der Waals surface area contributed by atoms with E-state index in [4.69, 9.17) is 4.74 Å². The molecule has 0 aromatic heterocycles. The molecule has 2 aliphatic rings. The van der Waals surface area contributed by atoms with Crippen molar-refractivity contribution in [1.82, 2.24) is 0 Å². The van der Waals surface area contributed by atoms with Gasteiger partial charge in [0.05, 0.1) is 7.11 Å². The molecule has 4 heteroatoms. The number of hydrogen-bond donors (Lipinski definition) is 0. The van der Waals surface area contributed by atoms with Crippen LogP contribution in [0.15, 0.2) is 59.8 Å². The molecule has 0 fully saturated rings. The van der Waals surface area contributed by atoms with Crippen molar-refractivity contribution >= 4 is 17.4 Å². The first-order valence-corrected chi connectivity index (χ1v) is 11.0. The molecule has 4 nitrogen and oxygen atoms in total. The van der Waals surface area contributed by atoms with Gasteiger partial charge >= 0.3 is 0 Å². The topological polar surface area (TPSA) is 46.6 Å². The number of anilines is 1. The Hall–Kier alpha value is -2.88. The molecule has 0 spiro atoms. The summed E-state index contributed by atoms with van der Waals surface area (Å²) < 4.78 is 5.27. The third-order valence-electron chi connectivity index (χ3n) is 6.48. The highest BCUT2D eigenvalue weighted by Gasteiger charge is 2.44. The van der Waals surface area contributed by atoms with Crippen LogP contribution >= 0.6 is 0 Å². The molecule has 31 heavy (non-hydrogen) atoms. The molecule has 0 saturated carbocycles. The monoisotopic (exact) mass is 417 g/mol. The summed E-state index contributed by atoms with van der Waals surface area (Å²) in [4.78, 5) is 28.6. The summed E-state index contributed by atoms with van der Waals surface area (Å²) in [6.45, 7) is 8.54. The summed E-state index contributed by atoms with van der Waals surface area (Å²) in [7, 11) is 1.62. The summed E-state index contributed by atoms with van der Waals surface area (Å²) >= 11 is 0. The Morgan fingerprint density at radius 3 is 2.19 bits per heavy atom. The zero-order valence-corrected chi connectivity index (χ0v) is 19.1. The minimum Gasteiger partial charge on any atom is -0.497 e. The number of allylic oxidation sites excluding steroid dienone is 2. The normalized spacial score (nSPS) is 20.8. The van der Waals surface area contributed by atoms with Gasteiger partial charge in [-0.2, -0.15) is 0 Å². The molecule has 1 atom stereocenters. The standard InChI is InChI=1S/C27H31NO3/c1-17(2)18-6-8-19(9-7-18)22-14-25(30)28(20-10-12-21(31-5)13-11-20)23-15-27(3,4)16-24(29)26(22)23/h6-13,17,22H,14-16H2,1-5H3. The summed E-state index contributed by atoms with van der Waals surface area (Å²) in [5.41, 5.74) is 4.60. The fourth-order valence-corrected chi connectivity index (χ4v) is 4.84. The fourth-order valence-electron chi connectivity index (χ4n) is 4.84. The van der Waals surface area contributed by atoms with E-state index in [2.05, 4.69) is 52.0 Å². The van der Waals surface area contributed by atoms with Gasteiger partial charge in [-0.25, -0.2) is 0 Å². The molecule has 4 rings (SSSR count). The van der Waals surface area contributed by atoms with Crippen LogP contribution in [0.3, 0.4) is 0 Å². The lowest BCUT2D eigenvalue weighted by atomic mass is 9.69. The van der Waals surface area contributed by atoms with Crippen LogP contribution in [-0.4, -0.2) is 18.8 Å². The number of methoxy groups -OCH3 is 1. The average molecular weight is 418 g/mol. The fraction of sp³-hybridized carbons (Fsp3) is 0.407. The minimum absolute atomic E-state index is 0.0346. The van der Waals surface area contributed by atoms with E-state index < -0.39 is 0 Å². The van der Waals surface area contributed by atoms with E-state index in [0.29, 0.717) is 25.2 Å². The van der Waals surface area contributed by atoms with Gasteiger partial charge in [0.2, 0.25) is 5.91 Å². The van der Waals surface area contributed by atoms with Gasteiger partial charge in [0.25, 0.3) is 0 Å². The largest absolute Gasteiger partial charge is 0.497 e. The molecular weight excluding hydrogens is 386 g/mol. The molecule has 0 saturated heterocycles. The highest BCUT2D eigenvalue weighted by molar-refractivity contribution is 6.07. The number of nitrogens with zero attached hydrogens (tertiary/aromatic N) is 1. The molecule has 1 unspecified atom stereocenters. The van der Waals surface area contributed by atoms with E-state index in [1.165, 1.54) is 5.56 Å². The molecule has 0 radical (unpaired) electrons. The first-order chi connectivity index (χ1) is 14.7. The van der Waals surface area contributed by atoms with Gasteiger partial charge in [-0.3, -0.25) is 14.5 Å². The van der Waals surface area contributed by atoms with Crippen molar-refractivity contribution in [2.24, 2.45) is 5.41 Å². The lowest BCUT2D eigenvalue weighted by Crippen LogP contribution is -2.43. The molecule has 1 amide bonds. The van der Waals surface area contributed by atoms with E-state index in [1.54, 1.807) is 12.0 Å². The lowest BCUT2D eigenvalue weighted by molar-refractivity contribution is -0.121. The van der Waals surface area contributed by atoms with Gasteiger partial charge in [0.15, 0.2) is 5.78 Å². The van der Waals surface area contributed by atoms with Crippen LogP contribution in [0.2, 0.25) is 0 Å². The second-order valence-electron chi connectivity index (χ2n) is 9.81. The quantitative estimate of drug-likeness (QED) is 0.614. The van der Waals surface area contributed by atoms with Crippen molar-refractivity contribution < 1.29 is 14.3 Å². The third-order valence-corrected chi connectivity index (χ3v) is 6.48. The maximum Gasteiger partial charge on any atom is 0.232 e. The lowest BCUT2D eigenvalue weighted by Gasteiger charge is -2.43. The third kappa shape index (κ3) is 4.04. The van der Waals surface area contributed by atoms with Gasteiger partial charge in [-0.05, 0) is 53.1 Å². The number of amides is 1. The number of rotatable bonds is 4. The first kappa shape index (κ1) is 21.4. The van der Waals surface area contributed by atoms with Gasteiger partial charge in [0.1, 0.15) is 5.75 Å².